The van der Waals surface area contributed by atoms with Gasteiger partial charge in [-0.15, -0.1) is 0 Å². The maximum atomic E-state index is 12.3. The van der Waals surface area contributed by atoms with E-state index in [4.69, 9.17) is 9.47 Å². The topological polar surface area (TPSA) is 52.6 Å². The van der Waals surface area contributed by atoms with Gasteiger partial charge in [0.2, 0.25) is 0 Å². The van der Waals surface area contributed by atoms with Gasteiger partial charge in [0.1, 0.15) is 0 Å². The number of esters is 2. The minimum absolute atomic E-state index is 0.121. The summed E-state index contributed by atoms with van der Waals surface area (Å²) in [4.78, 5) is 24.6. The van der Waals surface area contributed by atoms with Crippen LogP contribution >= 0.6 is 0 Å². The van der Waals surface area contributed by atoms with Gasteiger partial charge < -0.3 is 9.47 Å². The highest BCUT2D eigenvalue weighted by Gasteiger charge is 2.15. The Morgan fingerprint density at radius 2 is 1.26 bits per heavy atom. The summed E-state index contributed by atoms with van der Waals surface area (Å²) in [6.45, 7) is 6.69. The van der Waals surface area contributed by atoms with Gasteiger partial charge in [0.15, 0.2) is 0 Å². The normalized spacial score (nSPS) is 11.8. The number of carbonyl (C=O) groups is 2. The SMILES string of the molecule is CCCCCCCCCCCCCOC(=O)c1cccc(C(=O)OC(C)CCCC)c1. The molecule has 0 amide bonds. The van der Waals surface area contributed by atoms with Crippen molar-refractivity contribution in [1.82, 2.24) is 0 Å². The largest absolute Gasteiger partial charge is 0.462 e. The van der Waals surface area contributed by atoms with Crippen molar-refractivity contribution in [2.24, 2.45) is 0 Å². The highest BCUT2D eigenvalue weighted by Crippen LogP contribution is 2.13. The van der Waals surface area contributed by atoms with Crippen LogP contribution in [0.5, 0.6) is 0 Å². The molecule has 0 radical (unpaired) electrons. The van der Waals surface area contributed by atoms with Crippen molar-refractivity contribution in [3.8, 4) is 0 Å². The quantitative estimate of drug-likeness (QED) is 0.175. The fourth-order valence-corrected chi connectivity index (χ4v) is 3.59. The minimum Gasteiger partial charge on any atom is -0.462 e. The van der Waals surface area contributed by atoms with Gasteiger partial charge in [-0.3, -0.25) is 0 Å². The van der Waals surface area contributed by atoms with Crippen LogP contribution < -0.4 is 0 Å². The van der Waals surface area contributed by atoms with E-state index in [-0.39, 0.29) is 18.0 Å². The summed E-state index contributed by atoms with van der Waals surface area (Å²) in [7, 11) is 0. The predicted octanol–water partition coefficient (Wildman–Crippen LogP) is 7.89. The molecule has 0 heterocycles. The molecule has 0 aliphatic rings. The third kappa shape index (κ3) is 13.2. The number of rotatable bonds is 18. The molecule has 1 aromatic carbocycles. The van der Waals surface area contributed by atoms with E-state index in [0.29, 0.717) is 17.7 Å². The van der Waals surface area contributed by atoms with Crippen LogP contribution in [0.1, 0.15) is 131 Å². The molecule has 1 unspecified atom stereocenters. The first kappa shape index (κ1) is 27.2. The van der Waals surface area contributed by atoms with E-state index < -0.39 is 0 Å². The average Bonchev–Trinajstić information content (AvgIpc) is 2.78. The molecule has 0 saturated carbocycles. The second-order valence-electron chi connectivity index (χ2n) is 8.61. The highest BCUT2D eigenvalue weighted by atomic mass is 16.5. The fourth-order valence-electron chi connectivity index (χ4n) is 3.59. The molecule has 0 spiro atoms. The van der Waals surface area contributed by atoms with Gasteiger partial charge in [-0.2, -0.15) is 0 Å². The zero-order chi connectivity index (χ0) is 22.7. The molecule has 0 fully saturated rings. The predicted molar refractivity (Wildman–Crippen MR) is 128 cm³/mol. The van der Waals surface area contributed by atoms with E-state index in [1.54, 1.807) is 24.3 Å². The summed E-state index contributed by atoms with van der Waals surface area (Å²) in [5, 5.41) is 0. The number of benzene rings is 1. The Balaban J connectivity index is 2.19. The first-order chi connectivity index (χ1) is 15.1. The Hall–Kier alpha value is -1.84. The molecule has 0 saturated heterocycles. The van der Waals surface area contributed by atoms with Crippen LogP contribution in [-0.4, -0.2) is 24.6 Å². The fraction of sp³-hybridized carbons (Fsp3) is 0.704. The van der Waals surface area contributed by atoms with E-state index >= 15 is 0 Å². The molecule has 0 aliphatic carbocycles. The van der Waals surface area contributed by atoms with E-state index in [2.05, 4.69) is 13.8 Å². The Morgan fingerprint density at radius 1 is 0.742 bits per heavy atom. The molecule has 176 valence electrons. The van der Waals surface area contributed by atoms with Crippen LogP contribution in [0.15, 0.2) is 24.3 Å². The van der Waals surface area contributed by atoms with Crippen molar-refractivity contribution in [2.75, 3.05) is 6.61 Å². The number of hydrogen-bond donors (Lipinski definition) is 0. The molecule has 0 bridgehead atoms. The highest BCUT2D eigenvalue weighted by molar-refractivity contribution is 5.95. The number of unbranched alkanes of at least 4 members (excludes halogenated alkanes) is 11. The third-order valence-corrected chi connectivity index (χ3v) is 5.59. The zero-order valence-electron chi connectivity index (χ0n) is 20.1. The molecule has 1 atom stereocenters. The van der Waals surface area contributed by atoms with Gasteiger partial charge in [0.05, 0.1) is 23.8 Å². The first-order valence-electron chi connectivity index (χ1n) is 12.6. The van der Waals surface area contributed by atoms with Crippen molar-refractivity contribution >= 4 is 11.9 Å². The smallest absolute Gasteiger partial charge is 0.338 e. The molecule has 0 N–H and O–H groups in total. The number of hydrogen-bond acceptors (Lipinski definition) is 4. The van der Waals surface area contributed by atoms with E-state index in [0.717, 1.165) is 32.1 Å². The van der Waals surface area contributed by atoms with Crippen molar-refractivity contribution < 1.29 is 19.1 Å². The number of ether oxygens (including phenoxy) is 2. The minimum atomic E-state index is -0.386. The summed E-state index contributed by atoms with van der Waals surface area (Å²) in [5.74, 6) is -0.760. The molecular weight excluding hydrogens is 388 g/mol. The molecule has 0 aliphatic heterocycles. The summed E-state index contributed by atoms with van der Waals surface area (Å²) in [5.41, 5.74) is 0.797. The van der Waals surface area contributed by atoms with Gasteiger partial charge in [-0.05, 0) is 38.0 Å². The van der Waals surface area contributed by atoms with Crippen LogP contribution in [0.4, 0.5) is 0 Å². The molecule has 0 aromatic heterocycles. The summed E-state index contributed by atoms with van der Waals surface area (Å²) in [6, 6.07) is 6.62. The lowest BCUT2D eigenvalue weighted by Gasteiger charge is -2.13. The second kappa shape index (κ2) is 17.8. The zero-order valence-corrected chi connectivity index (χ0v) is 20.1. The monoisotopic (exact) mass is 432 g/mol. The first-order valence-corrected chi connectivity index (χ1v) is 12.6. The summed E-state index contributed by atoms with van der Waals surface area (Å²) < 4.78 is 10.8. The lowest BCUT2D eigenvalue weighted by Crippen LogP contribution is -2.15. The maximum absolute atomic E-state index is 12.3. The van der Waals surface area contributed by atoms with Crippen LogP contribution in [0.25, 0.3) is 0 Å². The molecule has 4 nitrogen and oxygen atoms in total. The van der Waals surface area contributed by atoms with Gasteiger partial charge in [-0.1, -0.05) is 97.0 Å². The van der Waals surface area contributed by atoms with E-state index in [1.165, 1.54) is 57.8 Å². The summed E-state index contributed by atoms with van der Waals surface area (Å²) in [6.07, 6.45) is 16.7. The molecule has 4 heteroatoms. The van der Waals surface area contributed by atoms with Crippen LogP contribution in [0, 0.1) is 0 Å². The second-order valence-corrected chi connectivity index (χ2v) is 8.61. The molecule has 1 aromatic rings. The molecule has 31 heavy (non-hydrogen) atoms. The maximum Gasteiger partial charge on any atom is 0.338 e. The van der Waals surface area contributed by atoms with Crippen molar-refractivity contribution in [2.45, 2.75) is 117 Å². The van der Waals surface area contributed by atoms with Gasteiger partial charge in [0, 0.05) is 0 Å². The lowest BCUT2D eigenvalue weighted by atomic mass is 10.1. The van der Waals surface area contributed by atoms with Crippen LogP contribution in [-0.2, 0) is 9.47 Å². The molecular formula is C27H44O4. The standard InChI is InChI=1S/C27H44O4/c1-4-6-8-9-10-11-12-13-14-15-16-21-30-26(28)24-19-17-20-25(22-24)27(29)31-23(3)18-7-5-2/h17,19-20,22-23H,4-16,18,21H2,1-3H3. The van der Waals surface area contributed by atoms with Gasteiger partial charge in [-0.25, -0.2) is 9.59 Å². The lowest BCUT2D eigenvalue weighted by molar-refractivity contribution is 0.0320. The Kier molecular flexibility index (Phi) is 15.6. The van der Waals surface area contributed by atoms with Crippen LogP contribution in [0.2, 0.25) is 0 Å². The van der Waals surface area contributed by atoms with Crippen LogP contribution in [0.3, 0.4) is 0 Å². The van der Waals surface area contributed by atoms with Gasteiger partial charge >= 0.3 is 11.9 Å². The van der Waals surface area contributed by atoms with Crippen molar-refractivity contribution in [3.63, 3.8) is 0 Å². The molecule has 1 rings (SSSR count). The van der Waals surface area contributed by atoms with E-state index in [1.807, 2.05) is 6.92 Å². The Labute approximate surface area is 190 Å². The Morgan fingerprint density at radius 3 is 1.84 bits per heavy atom. The van der Waals surface area contributed by atoms with Crippen molar-refractivity contribution in [1.29, 1.82) is 0 Å². The Bertz CT molecular complexity index is 611. The van der Waals surface area contributed by atoms with Crippen molar-refractivity contribution in [3.05, 3.63) is 35.4 Å². The number of carbonyl (C=O) groups excluding carboxylic acids is 2. The van der Waals surface area contributed by atoms with E-state index in [9.17, 15) is 9.59 Å². The summed E-state index contributed by atoms with van der Waals surface area (Å²) >= 11 is 0. The third-order valence-electron chi connectivity index (χ3n) is 5.59. The van der Waals surface area contributed by atoms with Gasteiger partial charge in [0.25, 0.3) is 0 Å². The average molecular weight is 433 g/mol.